The van der Waals surface area contributed by atoms with E-state index < -0.39 is 15.4 Å². The minimum absolute atomic E-state index is 0. The number of anilines is 1. The first-order valence-corrected chi connectivity index (χ1v) is 13.4. The van der Waals surface area contributed by atoms with E-state index in [0.29, 0.717) is 11.6 Å². The second-order valence-corrected chi connectivity index (χ2v) is 11.3. The fourth-order valence-corrected chi connectivity index (χ4v) is 5.82. The zero-order chi connectivity index (χ0) is 21.2. The molecule has 1 atom stereocenters. The van der Waals surface area contributed by atoms with Gasteiger partial charge in [-0.05, 0) is 75.2 Å². The summed E-state index contributed by atoms with van der Waals surface area (Å²) in [6.45, 7) is 3.25. The number of benzene rings is 1. The van der Waals surface area contributed by atoms with Crippen molar-refractivity contribution in [1.82, 2.24) is 10.2 Å². The zero-order valence-corrected chi connectivity index (χ0v) is 20.3. The Hall–Kier alpha value is -1.25. The van der Waals surface area contributed by atoms with E-state index in [1.54, 1.807) is 6.07 Å². The zero-order valence-electron chi connectivity index (χ0n) is 18.5. The number of carbonyl (C=O) groups excluding carboxylic acids is 1. The van der Waals surface area contributed by atoms with E-state index in [0.717, 1.165) is 44.3 Å². The maximum Gasteiger partial charge on any atom is 0.230 e. The molecule has 2 saturated carbocycles. The van der Waals surface area contributed by atoms with Gasteiger partial charge in [-0.3, -0.25) is 9.52 Å². The molecule has 3 fully saturated rings. The lowest BCUT2D eigenvalue weighted by molar-refractivity contribution is -0.125. The lowest BCUT2D eigenvalue weighted by atomic mass is 9.83. The highest BCUT2D eigenvalue weighted by Gasteiger charge is 2.52. The van der Waals surface area contributed by atoms with Gasteiger partial charge in [0.1, 0.15) is 0 Å². The van der Waals surface area contributed by atoms with E-state index in [1.165, 1.54) is 44.9 Å². The van der Waals surface area contributed by atoms with Gasteiger partial charge in [-0.25, -0.2) is 8.42 Å². The Kier molecular flexibility index (Phi) is 7.97. The molecule has 1 aliphatic heterocycles. The van der Waals surface area contributed by atoms with Crippen LogP contribution < -0.4 is 10.0 Å². The highest BCUT2D eigenvalue weighted by Crippen LogP contribution is 2.49. The molecule has 1 aromatic carbocycles. The van der Waals surface area contributed by atoms with Gasteiger partial charge in [0.05, 0.1) is 11.7 Å². The summed E-state index contributed by atoms with van der Waals surface area (Å²) in [4.78, 5) is 16.0. The van der Waals surface area contributed by atoms with Gasteiger partial charge in [0, 0.05) is 18.3 Å². The number of nitrogens with zero attached hydrogens (tertiary/aromatic N) is 1. The first-order valence-electron chi connectivity index (χ1n) is 11.5. The molecule has 4 rings (SSSR count). The minimum atomic E-state index is -3.34. The largest absolute Gasteiger partial charge is 0.351 e. The minimum Gasteiger partial charge on any atom is -0.351 e. The Morgan fingerprint density at radius 3 is 2.42 bits per heavy atom. The van der Waals surface area contributed by atoms with Crippen LogP contribution in [0.25, 0.3) is 0 Å². The van der Waals surface area contributed by atoms with Crippen molar-refractivity contribution in [3.8, 4) is 0 Å². The van der Waals surface area contributed by atoms with E-state index in [4.69, 9.17) is 0 Å². The quantitative estimate of drug-likeness (QED) is 0.614. The van der Waals surface area contributed by atoms with Crippen molar-refractivity contribution in [2.45, 2.75) is 69.2 Å². The number of nitrogens with one attached hydrogen (secondary N) is 2. The highest BCUT2D eigenvalue weighted by atomic mass is 32.2. The van der Waals surface area contributed by atoms with Crippen LogP contribution >= 0.6 is 13.5 Å². The van der Waals surface area contributed by atoms with Crippen molar-refractivity contribution in [2.75, 3.05) is 30.6 Å². The van der Waals surface area contributed by atoms with Crippen molar-refractivity contribution >= 4 is 35.1 Å². The van der Waals surface area contributed by atoms with Crippen molar-refractivity contribution < 1.29 is 13.2 Å². The number of amides is 1. The van der Waals surface area contributed by atoms with E-state index in [1.807, 2.05) is 18.2 Å². The third-order valence-electron chi connectivity index (χ3n) is 7.09. The Morgan fingerprint density at radius 2 is 1.81 bits per heavy atom. The van der Waals surface area contributed by atoms with Crippen LogP contribution in [0.1, 0.15) is 63.4 Å². The van der Waals surface area contributed by atoms with Gasteiger partial charge in [0.2, 0.25) is 15.9 Å². The first-order chi connectivity index (χ1) is 14.4. The van der Waals surface area contributed by atoms with Crippen LogP contribution in [-0.4, -0.2) is 51.2 Å². The average molecular weight is 468 g/mol. The predicted molar refractivity (Wildman–Crippen MR) is 130 cm³/mol. The second kappa shape index (κ2) is 10.1. The number of hydrogen-bond donors (Lipinski definition) is 2. The highest BCUT2D eigenvalue weighted by molar-refractivity contribution is 7.92. The number of rotatable bonds is 8. The number of likely N-dealkylation sites (tertiary alicyclic amines) is 1. The molecule has 31 heavy (non-hydrogen) atoms. The Morgan fingerprint density at radius 1 is 1.13 bits per heavy atom. The molecule has 0 aromatic heterocycles. The number of carbonyl (C=O) groups is 1. The Bertz CT molecular complexity index is 859. The number of sulfonamides is 1. The number of hydrogen-bond acceptors (Lipinski definition) is 4. The van der Waals surface area contributed by atoms with Crippen LogP contribution in [0, 0.1) is 5.92 Å². The van der Waals surface area contributed by atoms with Gasteiger partial charge < -0.3 is 10.2 Å². The third-order valence-corrected chi connectivity index (χ3v) is 7.70. The molecule has 0 unspecified atom stereocenters. The summed E-state index contributed by atoms with van der Waals surface area (Å²) in [5, 5.41) is 3.46. The smallest absolute Gasteiger partial charge is 0.230 e. The molecule has 3 aliphatic rings. The van der Waals surface area contributed by atoms with Crippen molar-refractivity contribution in [3.63, 3.8) is 0 Å². The van der Waals surface area contributed by atoms with E-state index in [9.17, 15) is 13.2 Å². The van der Waals surface area contributed by atoms with Gasteiger partial charge in [-0.15, -0.1) is 0 Å². The molecule has 2 N–H and O–H groups in total. The monoisotopic (exact) mass is 467 g/mol. The molecular formula is C23H37N3O3S2. The lowest BCUT2D eigenvalue weighted by Gasteiger charge is -2.34. The van der Waals surface area contributed by atoms with E-state index in [-0.39, 0.29) is 25.4 Å². The van der Waals surface area contributed by atoms with Crippen molar-refractivity contribution in [3.05, 3.63) is 29.8 Å². The van der Waals surface area contributed by atoms with E-state index in [2.05, 4.69) is 14.9 Å². The molecule has 1 saturated heterocycles. The SMILES string of the molecule is CS(=O)(=O)Nc1cccc(C2(C(=O)N[C@H](CN3CCCC3)C3CCCCC3)CC2)c1.S. The van der Waals surface area contributed by atoms with Crippen LogP contribution in [0.4, 0.5) is 5.69 Å². The maximum absolute atomic E-state index is 13.5. The summed E-state index contributed by atoms with van der Waals surface area (Å²) in [7, 11) is -3.34. The van der Waals surface area contributed by atoms with Gasteiger partial charge in [-0.1, -0.05) is 31.4 Å². The molecule has 0 spiro atoms. The summed E-state index contributed by atoms with van der Waals surface area (Å²) in [6, 6.07) is 7.56. The lowest BCUT2D eigenvalue weighted by Crippen LogP contribution is -2.50. The summed E-state index contributed by atoms with van der Waals surface area (Å²) in [5.74, 6) is 0.686. The molecule has 8 heteroatoms. The standard InChI is InChI=1S/C23H35N3O3S.H2S/c1-30(28,29)25-20-11-7-10-19(16-20)23(12-13-23)22(27)24-21(17-26-14-5-6-15-26)18-8-3-2-4-9-18;/h7,10-11,16,18,21,25H,2-6,8-9,12-15,17H2,1H3,(H,24,27);1H2/t21-;/m1./s1. The molecule has 2 aliphatic carbocycles. The normalized spacial score (nSPS) is 22.4. The third kappa shape index (κ3) is 6.17. The van der Waals surface area contributed by atoms with Crippen LogP contribution in [0.2, 0.25) is 0 Å². The van der Waals surface area contributed by atoms with Crippen LogP contribution in [0.3, 0.4) is 0 Å². The molecule has 6 nitrogen and oxygen atoms in total. The molecule has 0 bridgehead atoms. The fourth-order valence-electron chi connectivity index (χ4n) is 5.27. The average Bonchev–Trinajstić information content (AvgIpc) is 3.37. The van der Waals surface area contributed by atoms with Gasteiger partial charge >= 0.3 is 0 Å². The van der Waals surface area contributed by atoms with Crippen LogP contribution in [0.15, 0.2) is 24.3 Å². The molecule has 1 heterocycles. The van der Waals surface area contributed by atoms with Crippen molar-refractivity contribution in [1.29, 1.82) is 0 Å². The van der Waals surface area contributed by atoms with Crippen LogP contribution in [-0.2, 0) is 20.2 Å². The summed E-state index contributed by atoms with van der Waals surface area (Å²) < 4.78 is 25.7. The fraction of sp³-hybridized carbons (Fsp3) is 0.696. The molecule has 0 radical (unpaired) electrons. The molecule has 1 amide bonds. The molecule has 1 aromatic rings. The first kappa shape index (κ1) is 24.4. The Balaban J connectivity index is 0.00000272. The van der Waals surface area contributed by atoms with Gasteiger partial charge in [-0.2, -0.15) is 13.5 Å². The van der Waals surface area contributed by atoms with Crippen molar-refractivity contribution in [2.24, 2.45) is 5.92 Å². The molecular weight excluding hydrogens is 430 g/mol. The molecule has 174 valence electrons. The second-order valence-electron chi connectivity index (χ2n) is 9.52. The summed E-state index contributed by atoms with van der Waals surface area (Å²) >= 11 is 0. The maximum atomic E-state index is 13.5. The van der Waals surface area contributed by atoms with Gasteiger partial charge in [0.25, 0.3) is 0 Å². The van der Waals surface area contributed by atoms with Gasteiger partial charge in [0.15, 0.2) is 0 Å². The predicted octanol–water partition coefficient (Wildman–Crippen LogP) is 3.36. The van der Waals surface area contributed by atoms with E-state index >= 15 is 0 Å². The van der Waals surface area contributed by atoms with Crippen LogP contribution in [0.5, 0.6) is 0 Å². The summed E-state index contributed by atoms with van der Waals surface area (Å²) in [5.41, 5.74) is 0.930. The summed E-state index contributed by atoms with van der Waals surface area (Å²) in [6.07, 6.45) is 11.6. The topological polar surface area (TPSA) is 78.5 Å². The Labute approximate surface area is 194 Å².